The summed E-state index contributed by atoms with van der Waals surface area (Å²) < 4.78 is 5.21. The fourth-order valence-electron chi connectivity index (χ4n) is 1.17. The lowest BCUT2D eigenvalue weighted by molar-refractivity contribution is 0.133. The van der Waals surface area contributed by atoms with Crippen LogP contribution in [0.2, 0.25) is 0 Å². The Balaban J connectivity index is 2.52. The minimum Gasteiger partial charge on any atom is -0.370 e. The van der Waals surface area contributed by atoms with Gasteiger partial charge in [0.25, 0.3) is 0 Å². The smallest absolute Gasteiger partial charge is 0.0896 e. The number of aromatic nitrogens is 1. The summed E-state index contributed by atoms with van der Waals surface area (Å²) in [5.41, 5.74) is 3.56. The Labute approximate surface area is 59.9 Å². The van der Waals surface area contributed by atoms with Crippen molar-refractivity contribution in [1.82, 2.24) is 4.98 Å². The highest BCUT2D eigenvalue weighted by molar-refractivity contribution is 5.25. The molecule has 1 aliphatic rings. The van der Waals surface area contributed by atoms with Gasteiger partial charge < -0.3 is 4.74 Å². The minimum absolute atomic E-state index is 0.690. The van der Waals surface area contributed by atoms with Crippen molar-refractivity contribution in [3.05, 3.63) is 29.1 Å². The van der Waals surface area contributed by atoms with Crippen LogP contribution in [0.15, 0.2) is 12.3 Å². The van der Waals surface area contributed by atoms with Gasteiger partial charge >= 0.3 is 0 Å². The van der Waals surface area contributed by atoms with E-state index in [2.05, 4.69) is 11.1 Å². The highest BCUT2D eigenvalue weighted by Gasteiger charge is 2.10. The fraction of sp³-hybridized carbons (Fsp3) is 0.375. The van der Waals surface area contributed by atoms with Crippen LogP contribution in [0, 0.1) is 6.92 Å². The number of nitrogens with zero attached hydrogens (tertiary/aromatic N) is 1. The Bertz CT molecular complexity index is 257. The van der Waals surface area contributed by atoms with Gasteiger partial charge in [0.15, 0.2) is 0 Å². The van der Waals surface area contributed by atoms with Crippen molar-refractivity contribution >= 4 is 0 Å². The molecule has 0 bridgehead atoms. The highest BCUT2D eigenvalue weighted by Crippen LogP contribution is 2.17. The lowest BCUT2D eigenvalue weighted by atomic mass is 10.2. The number of pyridine rings is 1. The van der Waals surface area contributed by atoms with E-state index >= 15 is 0 Å². The largest absolute Gasteiger partial charge is 0.370 e. The van der Waals surface area contributed by atoms with E-state index in [-0.39, 0.29) is 0 Å². The third-order valence-corrected chi connectivity index (χ3v) is 1.69. The Kier molecular flexibility index (Phi) is 1.21. The number of ether oxygens (including phenoxy) is 1. The molecular formula is C8H9NO. The molecule has 1 aromatic rings. The predicted molar refractivity (Wildman–Crippen MR) is 37.5 cm³/mol. The zero-order valence-electron chi connectivity index (χ0n) is 5.92. The maximum absolute atomic E-state index is 5.21. The molecule has 0 unspecified atom stereocenters. The molecule has 0 atom stereocenters. The van der Waals surface area contributed by atoms with E-state index in [1.165, 1.54) is 11.1 Å². The monoisotopic (exact) mass is 135 g/mol. The van der Waals surface area contributed by atoms with E-state index in [9.17, 15) is 0 Å². The fourth-order valence-corrected chi connectivity index (χ4v) is 1.17. The zero-order valence-corrected chi connectivity index (χ0v) is 5.92. The molecule has 2 nitrogen and oxygen atoms in total. The highest BCUT2D eigenvalue weighted by atomic mass is 16.5. The van der Waals surface area contributed by atoms with E-state index in [1.54, 1.807) is 0 Å². The maximum atomic E-state index is 5.21. The van der Waals surface area contributed by atoms with E-state index in [0.29, 0.717) is 6.61 Å². The van der Waals surface area contributed by atoms with Gasteiger partial charge in [0.2, 0.25) is 0 Å². The molecule has 52 valence electrons. The van der Waals surface area contributed by atoms with Crippen molar-refractivity contribution in [2.75, 3.05) is 0 Å². The first-order valence-corrected chi connectivity index (χ1v) is 3.38. The van der Waals surface area contributed by atoms with Gasteiger partial charge in [-0.15, -0.1) is 0 Å². The summed E-state index contributed by atoms with van der Waals surface area (Å²) in [5.74, 6) is 0. The van der Waals surface area contributed by atoms with Crippen LogP contribution in [0.4, 0.5) is 0 Å². The van der Waals surface area contributed by atoms with Gasteiger partial charge in [-0.3, -0.25) is 4.98 Å². The van der Waals surface area contributed by atoms with Gasteiger partial charge in [0, 0.05) is 11.8 Å². The van der Waals surface area contributed by atoms with Gasteiger partial charge in [-0.1, -0.05) is 6.07 Å². The third kappa shape index (κ3) is 0.809. The van der Waals surface area contributed by atoms with Crippen molar-refractivity contribution in [3.63, 3.8) is 0 Å². The van der Waals surface area contributed by atoms with Crippen LogP contribution in [0.1, 0.15) is 16.8 Å². The maximum Gasteiger partial charge on any atom is 0.0896 e. The first-order valence-electron chi connectivity index (χ1n) is 3.38. The minimum atomic E-state index is 0.690. The zero-order chi connectivity index (χ0) is 6.97. The third-order valence-electron chi connectivity index (χ3n) is 1.69. The molecule has 0 fully saturated rings. The van der Waals surface area contributed by atoms with Crippen molar-refractivity contribution in [1.29, 1.82) is 0 Å². The molecule has 0 aromatic carbocycles. The van der Waals surface area contributed by atoms with Crippen molar-refractivity contribution in [2.45, 2.75) is 20.1 Å². The molecule has 0 saturated carbocycles. The Morgan fingerprint density at radius 3 is 3.30 bits per heavy atom. The summed E-state index contributed by atoms with van der Waals surface area (Å²) >= 11 is 0. The van der Waals surface area contributed by atoms with E-state index < -0.39 is 0 Å². The second-order valence-electron chi connectivity index (χ2n) is 2.61. The number of rotatable bonds is 0. The summed E-state index contributed by atoms with van der Waals surface area (Å²) in [6.07, 6.45) is 1.88. The van der Waals surface area contributed by atoms with Gasteiger partial charge in [-0.2, -0.15) is 0 Å². The number of fused-ring (bicyclic) bond motifs is 1. The van der Waals surface area contributed by atoms with Gasteiger partial charge in [0.1, 0.15) is 0 Å². The average molecular weight is 135 g/mol. The van der Waals surface area contributed by atoms with Crippen LogP contribution >= 0.6 is 0 Å². The standard InChI is InChI=1S/C8H9NO/c1-6-2-7-4-10-5-8(7)9-3-6/h2-3H,4-5H2,1H3. The average Bonchev–Trinajstić information content (AvgIpc) is 2.33. The lowest BCUT2D eigenvalue weighted by Crippen LogP contribution is -1.87. The molecule has 0 spiro atoms. The second-order valence-corrected chi connectivity index (χ2v) is 2.61. The SMILES string of the molecule is Cc1cnc2c(c1)COC2. The summed E-state index contributed by atoms with van der Waals surface area (Å²) in [5, 5.41) is 0. The first kappa shape index (κ1) is 5.86. The molecule has 1 aliphatic heterocycles. The first-order chi connectivity index (χ1) is 4.86. The van der Waals surface area contributed by atoms with Crippen molar-refractivity contribution < 1.29 is 4.74 Å². The quantitative estimate of drug-likeness (QED) is 0.536. The van der Waals surface area contributed by atoms with E-state index in [0.717, 1.165) is 12.3 Å². The molecule has 2 rings (SSSR count). The number of hydrogen-bond donors (Lipinski definition) is 0. The van der Waals surface area contributed by atoms with Gasteiger partial charge in [-0.05, 0) is 12.5 Å². The molecule has 0 amide bonds. The van der Waals surface area contributed by atoms with Crippen LogP contribution in [0.3, 0.4) is 0 Å². The summed E-state index contributed by atoms with van der Waals surface area (Å²) in [6.45, 7) is 3.48. The second kappa shape index (κ2) is 2.06. The molecule has 1 aromatic heterocycles. The number of hydrogen-bond acceptors (Lipinski definition) is 2. The summed E-state index contributed by atoms with van der Waals surface area (Å²) in [7, 11) is 0. The van der Waals surface area contributed by atoms with Gasteiger partial charge in [0.05, 0.1) is 18.9 Å². The lowest BCUT2D eigenvalue weighted by Gasteiger charge is -1.95. The van der Waals surface area contributed by atoms with E-state index in [4.69, 9.17) is 4.74 Å². The molecular weight excluding hydrogens is 126 g/mol. The predicted octanol–water partition coefficient (Wildman–Crippen LogP) is 1.42. The van der Waals surface area contributed by atoms with E-state index in [1.807, 2.05) is 13.1 Å². The number of aryl methyl sites for hydroxylation is 1. The normalized spacial score (nSPS) is 15.3. The molecule has 0 aliphatic carbocycles. The van der Waals surface area contributed by atoms with Gasteiger partial charge in [-0.25, -0.2) is 0 Å². The van der Waals surface area contributed by atoms with Crippen LogP contribution in [0.25, 0.3) is 0 Å². The Morgan fingerprint density at radius 1 is 1.50 bits per heavy atom. The molecule has 0 radical (unpaired) electrons. The van der Waals surface area contributed by atoms with Crippen LogP contribution in [0.5, 0.6) is 0 Å². The van der Waals surface area contributed by atoms with Crippen molar-refractivity contribution in [3.8, 4) is 0 Å². The molecule has 2 heterocycles. The molecule has 0 saturated heterocycles. The molecule has 0 N–H and O–H groups in total. The van der Waals surface area contributed by atoms with Crippen molar-refractivity contribution in [2.24, 2.45) is 0 Å². The summed E-state index contributed by atoms with van der Waals surface area (Å²) in [6, 6.07) is 2.13. The Morgan fingerprint density at radius 2 is 2.40 bits per heavy atom. The summed E-state index contributed by atoms with van der Waals surface area (Å²) in [4.78, 5) is 4.23. The van der Waals surface area contributed by atoms with Crippen LogP contribution in [-0.4, -0.2) is 4.98 Å². The van der Waals surface area contributed by atoms with Crippen LogP contribution < -0.4 is 0 Å². The molecule has 2 heteroatoms. The topological polar surface area (TPSA) is 22.1 Å². The molecule has 10 heavy (non-hydrogen) atoms. The van der Waals surface area contributed by atoms with Crippen LogP contribution in [-0.2, 0) is 18.0 Å². The Hall–Kier alpha value is -0.890.